The van der Waals surface area contributed by atoms with Crippen molar-refractivity contribution in [3.05, 3.63) is 23.8 Å². The summed E-state index contributed by atoms with van der Waals surface area (Å²) in [6.45, 7) is 6.34. The highest BCUT2D eigenvalue weighted by Gasteiger charge is 2.17. The summed E-state index contributed by atoms with van der Waals surface area (Å²) in [5.41, 5.74) is 7.62. The van der Waals surface area contributed by atoms with E-state index in [0.717, 1.165) is 12.0 Å². The molecule has 1 rings (SSSR count). The maximum absolute atomic E-state index is 11.1. The first-order valence-corrected chi connectivity index (χ1v) is 6.02. The third-order valence-corrected chi connectivity index (χ3v) is 2.81. The van der Waals surface area contributed by atoms with Gasteiger partial charge >= 0.3 is 0 Å². The Labute approximate surface area is 109 Å². The second-order valence-electron chi connectivity index (χ2n) is 5.26. The van der Waals surface area contributed by atoms with Gasteiger partial charge < -0.3 is 15.8 Å². The Balaban J connectivity index is 2.99. The van der Waals surface area contributed by atoms with Gasteiger partial charge in [0.05, 0.1) is 12.8 Å². The van der Waals surface area contributed by atoms with E-state index in [-0.39, 0.29) is 11.3 Å². The lowest BCUT2D eigenvalue weighted by Gasteiger charge is -2.23. The van der Waals surface area contributed by atoms with Crippen molar-refractivity contribution in [2.75, 3.05) is 19.0 Å². The molecular formula is C14H22N2O2. The van der Waals surface area contributed by atoms with Crippen LogP contribution in [-0.4, -0.2) is 19.6 Å². The largest absolute Gasteiger partial charge is 0.495 e. The van der Waals surface area contributed by atoms with Gasteiger partial charge in [0.15, 0.2) is 0 Å². The molecule has 1 amide bonds. The van der Waals surface area contributed by atoms with Gasteiger partial charge in [-0.2, -0.15) is 0 Å². The number of benzene rings is 1. The van der Waals surface area contributed by atoms with E-state index in [2.05, 4.69) is 19.2 Å². The molecule has 1 aromatic carbocycles. The van der Waals surface area contributed by atoms with E-state index in [0.29, 0.717) is 18.0 Å². The van der Waals surface area contributed by atoms with Gasteiger partial charge in [-0.25, -0.2) is 0 Å². The average molecular weight is 250 g/mol. The molecule has 0 bridgehead atoms. The molecule has 0 aliphatic heterocycles. The smallest absolute Gasteiger partial charge is 0.221 e. The monoisotopic (exact) mass is 250 g/mol. The maximum Gasteiger partial charge on any atom is 0.221 e. The lowest BCUT2D eigenvalue weighted by atomic mass is 9.86. The Morgan fingerprint density at radius 3 is 2.61 bits per heavy atom. The molecule has 0 aliphatic rings. The van der Waals surface area contributed by atoms with Crippen LogP contribution in [0.5, 0.6) is 5.75 Å². The summed E-state index contributed by atoms with van der Waals surface area (Å²) in [6.07, 6.45) is 0.861. The first-order valence-electron chi connectivity index (χ1n) is 6.02. The molecule has 0 aliphatic carbocycles. The topological polar surface area (TPSA) is 64.3 Å². The van der Waals surface area contributed by atoms with E-state index >= 15 is 0 Å². The number of methoxy groups -OCH3 is 1. The molecule has 0 saturated carbocycles. The van der Waals surface area contributed by atoms with Crippen LogP contribution in [0.15, 0.2) is 18.2 Å². The molecule has 0 aromatic heterocycles. The van der Waals surface area contributed by atoms with Crippen LogP contribution in [0.4, 0.5) is 5.69 Å². The highest BCUT2D eigenvalue weighted by molar-refractivity contribution is 5.90. The molecule has 1 aromatic rings. The summed E-state index contributed by atoms with van der Waals surface area (Å²) >= 11 is 0. The quantitative estimate of drug-likeness (QED) is 0.842. The Morgan fingerprint density at radius 2 is 2.11 bits per heavy atom. The van der Waals surface area contributed by atoms with E-state index in [1.54, 1.807) is 7.11 Å². The van der Waals surface area contributed by atoms with Crippen LogP contribution in [0.1, 0.15) is 26.3 Å². The van der Waals surface area contributed by atoms with Gasteiger partial charge in [-0.15, -0.1) is 0 Å². The van der Waals surface area contributed by atoms with Crippen molar-refractivity contribution in [2.45, 2.75) is 27.2 Å². The van der Waals surface area contributed by atoms with Crippen LogP contribution in [0.2, 0.25) is 0 Å². The van der Waals surface area contributed by atoms with Crippen molar-refractivity contribution in [3.63, 3.8) is 0 Å². The molecule has 0 heterocycles. The van der Waals surface area contributed by atoms with Crippen LogP contribution in [-0.2, 0) is 11.2 Å². The molecule has 0 unspecified atom stereocenters. The summed E-state index contributed by atoms with van der Waals surface area (Å²) in [7, 11) is 1.59. The molecule has 4 heteroatoms. The normalized spacial score (nSPS) is 11.2. The Morgan fingerprint density at radius 1 is 1.44 bits per heavy atom. The van der Waals surface area contributed by atoms with Crippen LogP contribution in [0.3, 0.4) is 0 Å². The number of nitrogens with two attached hydrogens (primary N) is 1. The number of nitrogens with one attached hydrogen (secondary N) is 1. The second kappa shape index (κ2) is 5.87. The van der Waals surface area contributed by atoms with E-state index in [4.69, 9.17) is 10.5 Å². The SMILES string of the molecule is COc1ccc(CC(C)(C)CN)cc1NC(C)=O. The molecule has 0 saturated heterocycles. The van der Waals surface area contributed by atoms with E-state index in [1.807, 2.05) is 18.2 Å². The molecule has 3 N–H and O–H groups in total. The Bertz CT molecular complexity index is 428. The first kappa shape index (κ1) is 14.5. The second-order valence-corrected chi connectivity index (χ2v) is 5.26. The van der Waals surface area contributed by atoms with E-state index in [9.17, 15) is 4.79 Å². The molecular weight excluding hydrogens is 228 g/mol. The number of rotatable bonds is 5. The van der Waals surface area contributed by atoms with Crippen LogP contribution < -0.4 is 15.8 Å². The number of carbonyl (C=O) groups excluding carboxylic acids is 1. The van der Waals surface area contributed by atoms with E-state index in [1.165, 1.54) is 6.92 Å². The van der Waals surface area contributed by atoms with Gasteiger partial charge in [-0.3, -0.25) is 4.79 Å². The fourth-order valence-corrected chi connectivity index (χ4v) is 1.78. The summed E-state index contributed by atoms with van der Waals surface area (Å²) in [5, 5.41) is 2.77. The number of anilines is 1. The Kier molecular flexibility index (Phi) is 4.73. The minimum Gasteiger partial charge on any atom is -0.495 e. The predicted octanol–water partition coefficient (Wildman–Crippen LogP) is 2.18. The molecule has 0 atom stereocenters. The third-order valence-electron chi connectivity index (χ3n) is 2.81. The summed E-state index contributed by atoms with van der Waals surface area (Å²) in [6, 6.07) is 5.81. The minimum atomic E-state index is -0.108. The van der Waals surface area contributed by atoms with Gasteiger partial charge in [0, 0.05) is 6.92 Å². The van der Waals surface area contributed by atoms with Gasteiger partial charge in [-0.1, -0.05) is 19.9 Å². The third kappa shape index (κ3) is 4.04. The maximum atomic E-state index is 11.1. The highest BCUT2D eigenvalue weighted by atomic mass is 16.5. The fraction of sp³-hybridized carbons (Fsp3) is 0.500. The van der Waals surface area contributed by atoms with Crippen molar-refractivity contribution in [2.24, 2.45) is 11.1 Å². The first-order chi connectivity index (χ1) is 8.38. The number of hydrogen-bond donors (Lipinski definition) is 2. The molecule has 0 fully saturated rings. The van der Waals surface area contributed by atoms with Crippen molar-refractivity contribution in [1.29, 1.82) is 0 Å². The van der Waals surface area contributed by atoms with Gasteiger partial charge in [0.25, 0.3) is 0 Å². The zero-order valence-corrected chi connectivity index (χ0v) is 11.5. The highest BCUT2D eigenvalue weighted by Crippen LogP contribution is 2.28. The number of hydrogen-bond acceptors (Lipinski definition) is 3. The lowest BCUT2D eigenvalue weighted by molar-refractivity contribution is -0.114. The van der Waals surface area contributed by atoms with Crippen molar-refractivity contribution >= 4 is 11.6 Å². The standard InChI is InChI=1S/C14H22N2O2/c1-10(17)16-12-7-11(5-6-13(12)18-4)8-14(2,3)9-15/h5-7H,8-9,15H2,1-4H3,(H,16,17). The zero-order chi connectivity index (χ0) is 13.8. The lowest BCUT2D eigenvalue weighted by Crippen LogP contribution is -2.25. The van der Waals surface area contributed by atoms with Gasteiger partial charge in [0.1, 0.15) is 5.75 Å². The van der Waals surface area contributed by atoms with Crippen LogP contribution in [0, 0.1) is 5.41 Å². The number of amides is 1. The zero-order valence-electron chi connectivity index (χ0n) is 11.5. The fourth-order valence-electron chi connectivity index (χ4n) is 1.78. The van der Waals surface area contributed by atoms with Crippen molar-refractivity contribution in [3.8, 4) is 5.75 Å². The van der Waals surface area contributed by atoms with Gasteiger partial charge in [0.2, 0.25) is 5.91 Å². The summed E-state index contributed by atoms with van der Waals surface area (Å²) in [5.74, 6) is 0.558. The number of carbonyl (C=O) groups is 1. The summed E-state index contributed by atoms with van der Waals surface area (Å²) < 4.78 is 5.22. The van der Waals surface area contributed by atoms with Crippen molar-refractivity contribution in [1.82, 2.24) is 0 Å². The van der Waals surface area contributed by atoms with Gasteiger partial charge in [-0.05, 0) is 36.1 Å². The van der Waals surface area contributed by atoms with Crippen molar-refractivity contribution < 1.29 is 9.53 Å². The van der Waals surface area contributed by atoms with Crippen LogP contribution in [0.25, 0.3) is 0 Å². The molecule has 0 radical (unpaired) electrons. The Hall–Kier alpha value is -1.55. The molecule has 0 spiro atoms. The number of ether oxygens (including phenoxy) is 1. The molecule has 18 heavy (non-hydrogen) atoms. The average Bonchev–Trinajstić information content (AvgIpc) is 2.28. The van der Waals surface area contributed by atoms with Crippen LogP contribution >= 0.6 is 0 Å². The predicted molar refractivity (Wildman–Crippen MR) is 73.8 cm³/mol. The summed E-state index contributed by atoms with van der Waals surface area (Å²) in [4.78, 5) is 11.1. The molecule has 100 valence electrons. The minimum absolute atomic E-state index is 0.0437. The molecule has 4 nitrogen and oxygen atoms in total. The van der Waals surface area contributed by atoms with E-state index < -0.39 is 0 Å².